The summed E-state index contributed by atoms with van der Waals surface area (Å²) >= 11 is 1.52. The molecule has 112 valence electrons. The summed E-state index contributed by atoms with van der Waals surface area (Å²) in [4.78, 5) is 12.3. The number of thioether (sulfide) groups is 1. The van der Waals surface area contributed by atoms with Gasteiger partial charge in [0, 0.05) is 5.56 Å². The minimum Gasteiger partial charge on any atom is -0.494 e. The molecule has 1 amide bonds. The van der Waals surface area contributed by atoms with Crippen LogP contribution in [0.5, 0.6) is 5.75 Å². The number of hydrogen-bond acceptors (Lipinski definition) is 5. The zero-order valence-electron chi connectivity index (χ0n) is 12.3. The Morgan fingerprint density at radius 3 is 2.62 bits per heavy atom. The number of aromatic nitrogens is 3. The third-order valence-corrected chi connectivity index (χ3v) is 3.52. The molecule has 0 spiro atoms. The van der Waals surface area contributed by atoms with Gasteiger partial charge in [0.2, 0.25) is 5.16 Å². The molecule has 6 nitrogen and oxygen atoms in total. The molecule has 2 aromatic rings. The number of nitrogens with one attached hydrogen (secondary N) is 1. The van der Waals surface area contributed by atoms with E-state index in [4.69, 9.17) is 4.74 Å². The molecule has 1 aromatic carbocycles. The van der Waals surface area contributed by atoms with Crippen LogP contribution in [0.15, 0.2) is 29.4 Å². The lowest BCUT2D eigenvalue weighted by Crippen LogP contribution is -2.24. The molecule has 0 unspecified atom stereocenters. The van der Waals surface area contributed by atoms with E-state index in [1.165, 1.54) is 11.8 Å². The van der Waals surface area contributed by atoms with Crippen molar-refractivity contribution < 1.29 is 9.53 Å². The van der Waals surface area contributed by atoms with Gasteiger partial charge in [0.25, 0.3) is 5.91 Å². The largest absolute Gasteiger partial charge is 0.494 e. The first-order valence-electron chi connectivity index (χ1n) is 6.74. The summed E-state index contributed by atoms with van der Waals surface area (Å²) in [6.45, 7) is 6.34. The summed E-state index contributed by atoms with van der Waals surface area (Å²) in [5.74, 6) is 2.04. The number of hydrogen-bond donors (Lipinski definition) is 1. The Kier molecular flexibility index (Phi) is 5.21. The number of benzene rings is 1. The Balaban J connectivity index is 2.12. The highest BCUT2D eigenvalue weighted by Gasteiger charge is 2.13. The molecule has 1 heterocycles. The first-order valence-corrected chi connectivity index (χ1v) is 7.73. The molecule has 1 aromatic heterocycles. The Bertz CT molecular complexity index is 610. The Morgan fingerprint density at radius 2 is 2.00 bits per heavy atom. The third kappa shape index (κ3) is 3.75. The number of nitrogens with zero attached hydrogens (tertiary/aromatic N) is 3. The van der Waals surface area contributed by atoms with Crippen molar-refractivity contribution in [2.75, 3.05) is 17.8 Å². The minimum atomic E-state index is -0.209. The van der Waals surface area contributed by atoms with E-state index >= 15 is 0 Å². The van der Waals surface area contributed by atoms with Crippen LogP contribution in [0.3, 0.4) is 0 Å². The summed E-state index contributed by atoms with van der Waals surface area (Å²) in [6.07, 6.45) is 0. The zero-order chi connectivity index (χ0) is 15.2. The smallest absolute Gasteiger partial charge is 0.270 e. The lowest BCUT2D eigenvalue weighted by molar-refractivity contribution is 0.100. The molecule has 0 aliphatic heterocycles. The summed E-state index contributed by atoms with van der Waals surface area (Å²) < 4.78 is 6.96. The summed E-state index contributed by atoms with van der Waals surface area (Å²) in [7, 11) is 0. The number of ether oxygens (including phenoxy) is 1. The monoisotopic (exact) mass is 306 g/mol. The lowest BCUT2D eigenvalue weighted by Gasteiger charge is -2.10. The predicted molar refractivity (Wildman–Crippen MR) is 82.5 cm³/mol. The highest BCUT2D eigenvalue weighted by molar-refractivity contribution is 7.99. The van der Waals surface area contributed by atoms with Crippen LogP contribution in [0.25, 0.3) is 0 Å². The quantitative estimate of drug-likeness (QED) is 0.830. The second-order valence-electron chi connectivity index (χ2n) is 4.20. The van der Waals surface area contributed by atoms with Gasteiger partial charge in [-0.05, 0) is 43.9 Å². The fourth-order valence-electron chi connectivity index (χ4n) is 1.73. The van der Waals surface area contributed by atoms with Gasteiger partial charge in [0.15, 0.2) is 0 Å². The molecular weight excluding hydrogens is 288 g/mol. The first-order chi connectivity index (χ1) is 10.2. The number of rotatable bonds is 6. The second kappa shape index (κ2) is 7.12. The van der Waals surface area contributed by atoms with Crippen molar-refractivity contribution in [2.24, 2.45) is 0 Å². The molecule has 0 saturated carbocycles. The van der Waals surface area contributed by atoms with Gasteiger partial charge in [-0.1, -0.05) is 18.7 Å². The van der Waals surface area contributed by atoms with Gasteiger partial charge in [0.05, 0.1) is 6.61 Å². The molecule has 0 atom stereocenters. The van der Waals surface area contributed by atoms with Crippen molar-refractivity contribution >= 4 is 17.7 Å². The summed E-state index contributed by atoms with van der Waals surface area (Å²) in [6, 6.07) is 7.01. The van der Waals surface area contributed by atoms with Crippen LogP contribution in [-0.2, 0) is 0 Å². The molecule has 2 rings (SSSR count). The number of carbonyl (C=O) groups is 1. The van der Waals surface area contributed by atoms with Crippen LogP contribution in [0.2, 0.25) is 0 Å². The highest BCUT2D eigenvalue weighted by atomic mass is 32.2. The van der Waals surface area contributed by atoms with Crippen LogP contribution >= 0.6 is 11.8 Å². The number of amides is 1. The zero-order valence-corrected chi connectivity index (χ0v) is 13.1. The van der Waals surface area contributed by atoms with E-state index in [1.807, 2.05) is 13.8 Å². The maximum absolute atomic E-state index is 12.3. The van der Waals surface area contributed by atoms with Crippen molar-refractivity contribution in [1.29, 1.82) is 0 Å². The average Bonchev–Trinajstić information content (AvgIpc) is 2.82. The Morgan fingerprint density at radius 1 is 1.29 bits per heavy atom. The van der Waals surface area contributed by atoms with E-state index in [0.29, 0.717) is 23.2 Å². The minimum absolute atomic E-state index is 0.209. The molecular formula is C14H18N4O2S. The van der Waals surface area contributed by atoms with Gasteiger partial charge in [-0.15, -0.1) is 10.2 Å². The van der Waals surface area contributed by atoms with E-state index in [1.54, 1.807) is 35.9 Å². The normalized spacial score (nSPS) is 10.4. The molecule has 0 fully saturated rings. The van der Waals surface area contributed by atoms with Crippen LogP contribution < -0.4 is 10.2 Å². The molecule has 0 bridgehead atoms. The number of carbonyl (C=O) groups excluding carboxylic acids is 1. The molecule has 1 N–H and O–H groups in total. The molecule has 21 heavy (non-hydrogen) atoms. The second-order valence-corrected chi connectivity index (χ2v) is 5.43. The molecule has 0 radical (unpaired) electrons. The first kappa shape index (κ1) is 15.4. The van der Waals surface area contributed by atoms with Crippen LogP contribution in [0.4, 0.5) is 0 Å². The van der Waals surface area contributed by atoms with E-state index < -0.39 is 0 Å². The molecule has 0 aliphatic carbocycles. The average molecular weight is 306 g/mol. The van der Waals surface area contributed by atoms with Crippen LogP contribution in [0.1, 0.15) is 30.0 Å². The maximum atomic E-state index is 12.3. The standard InChI is InChI=1S/C14H18N4O2S/c1-4-20-12-8-6-11(7-9-12)13(19)17-18-10(3)15-16-14(18)21-5-2/h6-9H,4-5H2,1-3H3,(H,17,19). The van der Waals surface area contributed by atoms with E-state index in [0.717, 1.165) is 11.5 Å². The summed E-state index contributed by atoms with van der Waals surface area (Å²) in [5, 5.41) is 8.68. The van der Waals surface area contributed by atoms with Gasteiger partial charge in [-0.25, -0.2) is 4.68 Å². The van der Waals surface area contributed by atoms with Gasteiger partial charge >= 0.3 is 0 Å². The van der Waals surface area contributed by atoms with Gasteiger partial charge in [-0.2, -0.15) is 0 Å². The van der Waals surface area contributed by atoms with Crippen LogP contribution in [-0.4, -0.2) is 33.1 Å². The molecule has 0 aliphatic rings. The predicted octanol–water partition coefficient (Wildman–Crippen LogP) is 2.48. The number of aryl methyl sites for hydroxylation is 1. The third-order valence-electron chi connectivity index (χ3n) is 2.71. The highest BCUT2D eigenvalue weighted by Crippen LogP contribution is 2.16. The SMILES string of the molecule is CCOc1ccc(C(=O)Nn2c(C)nnc2SCC)cc1. The fourth-order valence-corrected chi connectivity index (χ4v) is 2.39. The fraction of sp³-hybridized carbons (Fsp3) is 0.357. The molecule has 7 heteroatoms. The molecule has 0 saturated heterocycles. The van der Waals surface area contributed by atoms with Crippen molar-refractivity contribution in [3.8, 4) is 5.75 Å². The van der Waals surface area contributed by atoms with E-state index in [9.17, 15) is 4.79 Å². The van der Waals surface area contributed by atoms with E-state index in [2.05, 4.69) is 15.6 Å². The van der Waals surface area contributed by atoms with Crippen LogP contribution in [0, 0.1) is 6.92 Å². The van der Waals surface area contributed by atoms with Gasteiger partial charge in [0.1, 0.15) is 11.6 Å². The van der Waals surface area contributed by atoms with Crippen molar-refractivity contribution in [3.05, 3.63) is 35.7 Å². The van der Waals surface area contributed by atoms with E-state index in [-0.39, 0.29) is 5.91 Å². The van der Waals surface area contributed by atoms with Crippen molar-refractivity contribution in [1.82, 2.24) is 14.9 Å². The Hall–Kier alpha value is -2.02. The van der Waals surface area contributed by atoms with Gasteiger partial charge in [-0.3, -0.25) is 10.2 Å². The Labute approximate surface area is 127 Å². The van der Waals surface area contributed by atoms with Crippen molar-refractivity contribution in [2.45, 2.75) is 25.9 Å². The summed E-state index contributed by atoms with van der Waals surface area (Å²) in [5.41, 5.74) is 3.36. The van der Waals surface area contributed by atoms with Gasteiger partial charge < -0.3 is 4.74 Å². The lowest BCUT2D eigenvalue weighted by atomic mass is 10.2. The topological polar surface area (TPSA) is 69.0 Å². The maximum Gasteiger partial charge on any atom is 0.270 e. The van der Waals surface area contributed by atoms with Crippen molar-refractivity contribution in [3.63, 3.8) is 0 Å².